The van der Waals surface area contributed by atoms with Crippen LogP contribution in [0.4, 0.5) is 10.9 Å². The molecular formula is C9H12N6OS2. The predicted octanol–water partition coefficient (Wildman–Crippen LogP) is 1.14. The molecule has 2 N–H and O–H groups in total. The third-order valence-corrected chi connectivity index (χ3v) is 4.09. The molecule has 18 heavy (non-hydrogen) atoms. The Balaban J connectivity index is 2.25. The van der Waals surface area contributed by atoms with E-state index in [4.69, 9.17) is 10.5 Å². The van der Waals surface area contributed by atoms with Gasteiger partial charge in [-0.3, -0.25) is 0 Å². The number of ether oxygens (including phenoxy) is 1. The monoisotopic (exact) mass is 284 g/mol. The minimum absolute atomic E-state index is 0.312. The quantitative estimate of drug-likeness (QED) is 0.836. The molecule has 0 unspecified atom stereocenters. The molecule has 0 radical (unpaired) electrons. The molecule has 7 nitrogen and oxygen atoms in total. The second-order valence-electron chi connectivity index (χ2n) is 3.44. The Labute approximate surface area is 112 Å². The Morgan fingerprint density at radius 2 is 2.11 bits per heavy atom. The fraction of sp³-hybridized carbons (Fsp3) is 0.333. The van der Waals surface area contributed by atoms with Gasteiger partial charge < -0.3 is 15.4 Å². The van der Waals surface area contributed by atoms with Gasteiger partial charge in [0, 0.05) is 14.1 Å². The van der Waals surface area contributed by atoms with Crippen LogP contribution in [0.5, 0.6) is 5.75 Å². The van der Waals surface area contributed by atoms with Gasteiger partial charge >= 0.3 is 0 Å². The topological polar surface area (TPSA) is 90.0 Å². The second kappa shape index (κ2) is 5.36. The number of aromatic nitrogens is 4. The molecule has 2 heterocycles. The molecule has 0 saturated heterocycles. The van der Waals surface area contributed by atoms with E-state index in [1.807, 2.05) is 19.0 Å². The lowest BCUT2D eigenvalue weighted by molar-refractivity contribution is 0.401. The van der Waals surface area contributed by atoms with Gasteiger partial charge in [0.1, 0.15) is 6.33 Å². The molecule has 0 aliphatic heterocycles. The van der Waals surface area contributed by atoms with E-state index in [9.17, 15) is 0 Å². The summed E-state index contributed by atoms with van der Waals surface area (Å²) in [5, 5.41) is 9.58. The lowest BCUT2D eigenvalue weighted by atomic mass is 10.5. The average Bonchev–Trinajstić information content (AvgIpc) is 2.78. The zero-order valence-corrected chi connectivity index (χ0v) is 11.7. The number of hydrogen-bond acceptors (Lipinski definition) is 9. The highest BCUT2D eigenvalue weighted by atomic mass is 32.2. The van der Waals surface area contributed by atoms with Crippen LogP contribution in [0.25, 0.3) is 0 Å². The molecule has 0 amide bonds. The predicted molar refractivity (Wildman–Crippen MR) is 71.4 cm³/mol. The standard InChI is InChI=1S/C9H12N6OS2/c1-15(2)8-13-14-9(18-8)17-7-5(16-3)6(10)11-4-12-7/h4H,1-3H3,(H2,10,11,12). The van der Waals surface area contributed by atoms with Crippen molar-refractivity contribution in [3.8, 4) is 5.75 Å². The zero-order valence-electron chi connectivity index (χ0n) is 10.1. The minimum atomic E-state index is 0.312. The SMILES string of the molecule is COc1c(N)ncnc1Sc1nnc(N(C)C)s1. The molecule has 0 saturated carbocycles. The van der Waals surface area contributed by atoms with Crippen molar-refractivity contribution in [1.29, 1.82) is 0 Å². The molecule has 0 fully saturated rings. The van der Waals surface area contributed by atoms with Crippen molar-refractivity contribution < 1.29 is 4.74 Å². The first kappa shape index (κ1) is 12.8. The Bertz CT molecular complexity index is 544. The fourth-order valence-corrected chi connectivity index (χ4v) is 2.90. The van der Waals surface area contributed by atoms with Crippen LogP contribution in [-0.4, -0.2) is 41.4 Å². The largest absolute Gasteiger partial charge is 0.490 e. The van der Waals surface area contributed by atoms with Gasteiger partial charge in [0.05, 0.1) is 7.11 Å². The van der Waals surface area contributed by atoms with Crippen molar-refractivity contribution in [3.05, 3.63) is 6.33 Å². The zero-order chi connectivity index (χ0) is 13.1. The molecule has 2 aromatic heterocycles. The summed E-state index contributed by atoms with van der Waals surface area (Å²) >= 11 is 2.82. The first-order valence-electron chi connectivity index (χ1n) is 4.95. The number of nitrogens with two attached hydrogens (primary N) is 1. The Morgan fingerprint density at radius 3 is 2.72 bits per heavy atom. The van der Waals surface area contributed by atoms with Crippen LogP contribution in [0.15, 0.2) is 15.7 Å². The molecule has 0 aliphatic rings. The van der Waals surface area contributed by atoms with E-state index in [0.717, 1.165) is 9.47 Å². The molecule has 2 aromatic rings. The van der Waals surface area contributed by atoms with Gasteiger partial charge in [-0.25, -0.2) is 9.97 Å². The first-order valence-corrected chi connectivity index (χ1v) is 6.58. The van der Waals surface area contributed by atoms with Crippen molar-refractivity contribution in [3.63, 3.8) is 0 Å². The van der Waals surface area contributed by atoms with Gasteiger partial charge in [-0.05, 0) is 11.8 Å². The number of hydrogen-bond donors (Lipinski definition) is 1. The van der Waals surface area contributed by atoms with Gasteiger partial charge in [0.25, 0.3) is 0 Å². The van der Waals surface area contributed by atoms with Crippen molar-refractivity contribution >= 4 is 34.0 Å². The third kappa shape index (κ3) is 2.62. The highest BCUT2D eigenvalue weighted by Gasteiger charge is 2.14. The summed E-state index contributed by atoms with van der Waals surface area (Å²) in [7, 11) is 5.36. The van der Waals surface area contributed by atoms with Crippen LogP contribution in [-0.2, 0) is 0 Å². The maximum Gasteiger partial charge on any atom is 0.208 e. The molecule has 0 aromatic carbocycles. The van der Waals surface area contributed by atoms with E-state index in [0.29, 0.717) is 16.6 Å². The van der Waals surface area contributed by atoms with E-state index in [1.54, 1.807) is 0 Å². The van der Waals surface area contributed by atoms with Crippen LogP contribution in [0.2, 0.25) is 0 Å². The van der Waals surface area contributed by atoms with Crippen LogP contribution in [0.3, 0.4) is 0 Å². The van der Waals surface area contributed by atoms with Crippen LogP contribution in [0, 0.1) is 0 Å². The van der Waals surface area contributed by atoms with Gasteiger partial charge in [-0.2, -0.15) is 0 Å². The van der Waals surface area contributed by atoms with E-state index in [1.165, 1.54) is 36.5 Å². The summed E-state index contributed by atoms with van der Waals surface area (Å²) in [4.78, 5) is 9.90. The van der Waals surface area contributed by atoms with E-state index in [2.05, 4.69) is 20.2 Å². The first-order chi connectivity index (χ1) is 8.61. The van der Waals surface area contributed by atoms with E-state index in [-0.39, 0.29) is 0 Å². The van der Waals surface area contributed by atoms with Crippen LogP contribution >= 0.6 is 23.1 Å². The Morgan fingerprint density at radius 1 is 1.33 bits per heavy atom. The van der Waals surface area contributed by atoms with Crippen molar-refractivity contribution in [2.24, 2.45) is 0 Å². The second-order valence-corrected chi connectivity index (χ2v) is 5.64. The number of anilines is 2. The lowest BCUT2D eigenvalue weighted by Crippen LogP contribution is -2.07. The summed E-state index contributed by atoms with van der Waals surface area (Å²) in [6.07, 6.45) is 1.40. The molecular weight excluding hydrogens is 272 g/mol. The summed E-state index contributed by atoms with van der Waals surface area (Å²) in [5.74, 6) is 0.774. The van der Waals surface area contributed by atoms with Gasteiger partial charge in [0.15, 0.2) is 20.9 Å². The summed E-state index contributed by atoms with van der Waals surface area (Å²) in [5.41, 5.74) is 5.71. The minimum Gasteiger partial charge on any atom is -0.490 e. The van der Waals surface area contributed by atoms with Crippen molar-refractivity contribution in [2.75, 3.05) is 31.8 Å². The lowest BCUT2D eigenvalue weighted by Gasteiger charge is -2.06. The molecule has 2 rings (SSSR count). The van der Waals surface area contributed by atoms with E-state index >= 15 is 0 Å². The normalized spacial score (nSPS) is 10.4. The number of nitrogen functional groups attached to an aromatic ring is 1. The van der Waals surface area contributed by atoms with Gasteiger partial charge in [-0.15, -0.1) is 10.2 Å². The molecule has 9 heteroatoms. The fourth-order valence-electron chi connectivity index (χ4n) is 1.14. The number of nitrogens with zero attached hydrogens (tertiary/aromatic N) is 5. The average molecular weight is 284 g/mol. The molecule has 0 spiro atoms. The molecule has 0 aliphatic carbocycles. The molecule has 96 valence electrons. The number of methoxy groups -OCH3 is 1. The van der Waals surface area contributed by atoms with Crippen LogP contribution in [0.1, 0.15) is 0 Å². The summed E-state index contributed by atoms with van der Waals surface area (Å²) in [6.45, 7) is 0. The molecule has 0 atom stereocenters. The highest BCUT2D eigenvalue weighted by Crippen LogP contribution is 2.37. The maximum atomic E-state index is 5.71. The number of rotatable bonds is 4. The van der Waals surface area contributed by atoms with E-state index < -0.39 is 0 Å². The smallest absolute Gasteiger partial charge is 0.208 e. The van der Waals surface area contributed by atoms with Crippen molar-refractivity contribution in [1.82, 2.24) is 20.2 Å². The Hall–Kier alpha value is -1.61. The third-order valence-electron chi connectivity index (χ3n) is 1.97. The van der Waals surface area contributed by atoms with Crippen LogP contribution < -0.4 is 15.4 Å². The van der Waals surface area contributed by atoms with Crippen molar-refractivity contribution in [2.45, 2.75) is 9.37 Å². The Kier molecular flexibility index (Phi) is 3.82. The summed E-state index contributed by atoms with van der Waals surface area (Å²) in [6, 6.07) is 0. The maximum absolute atomic E-state index is 5.71. The molecule has 0 bridgehead atoms. The highest BCUT2D eigenvalue weighted by molar-refractivity contribution is 8.01. The van der Waals surface area contributed by atoms with Gasteiger partial charge in [0.2, 0.25) is 5.13 Å². The van der Waals surface area contributed by atoms with Gasteiger partial charge in [-0.1, -0.05) is 11.3 Å². The summed E-state index contributed by atoms with van der Waals surface area (Å²) < 4.78 is 5.95.